The van der Waals surface area contributed by atoms with Crippen LogP contribution in [0.2, 0.25) is 0 Å². The molecular weight excluding hydrogens is 330 g/mol. The number of para-hydroxylation sites is 1. The van der Waals surface area contributed by atoms with E-state index in [0.717, 1.165) is 50.1 Å². The number of likely N-dealkylation sites (tertiary alicyclic amines) is 2. The van der Waals surface area contributed by atoms with Gasteiger partial charge in [-0.05, 0) is 31.4 Å². The van der Waals surface area contributed by atoms with Crippen LogP contribution in [0.1, 0.15) is 29.6 Å². The third-order valence-electron chi connectivity index (χ3n) is 6.08. The zero-order valence-electron chi connectivity index (χ0n) is 15.4. The number of hydrogen-bond acceptors (Lipinski definition) is 4. The molecule has 0 N–H and O–H groups in total. The molecule has 2 amide bonds. The molecule has 140 valence electrons. The number of benzene rings is 1. The molecule has 1 unspecified atom stereocenters. The van der Waals surface area contributed by atoms with Gasteiger partial charge in [0, 0.05) is 45.5 Å². The third-order valence-corrected chi connectivity index (χ3v) is 6.08. The second kappa shape index (κ2) is 6.91. The average Bonchev–Trinajstić information content (AvgIpc) is 3.11. The van der Waals surface area contributed by atoms with E-state index in [0.29, 0.717) is 26.3 Å². The van der Waals surface area contributed by atoms with Crippen LogP contribution in [-0.2, 0) is 9.53 Å². The molecular formula is C20H27N3O3. The van der Waals surface area contributed by atoms with E-state index in [9.17, 15) is 9.59 Å². The SMILES string of the molecule is CN1CCCC2(CCN(C(=O)c3ccccc3N3CCOCC3)C2)C1=O. The summed E-state index contributed by atoms with van der Waals surface area (Å²) in [7, 11) is 1.88. The number of hydrogen-bond donors (Lipinski definition) is 0. The summed E-state index contributed by atoms with van der Waals surface area (Å²) in [6, 6.07) is 7.83. The highest BCUT2D eigenvalue weighted by molar-refractivity contribution is 6.00. The van der Waals surface area contributed by atoms with Gasteiger partial charge in [0.1, 0.15) is 0 Å². The molecule has 3 aliphatic rings. The Morgan fingerprint density at radius 1 is 1.08 bits per heavy atom. The van der Waals surface area contributed by atoms with Crippen molar-refractivity contribution in [1.29, 1.82) is 0 Å². The summed E-state index contributed by atoms with van der Waals surface area (Å²) in [5.74, 6) is 0.255. The van der Waals surface area contributed by atoms with Crippen molar-refractivity contribution in [3.05, 3.63) is 29.8 Å². The fraction of sp³-hybridized carbons (Fsp3) is 0.600. The fourth-order valence-electron chi connectivity index (χ4n) is 4.60. The predicted molar refractivity (Wildman–Crippen MR) is 99.3 cm³/mol. The van der Waals surface area contributed by atoms with Crippen molar-refractivity contribution < 1.29 is 14.3 Å². The zero-order chi connectivity index (χ0) is 18.1. The van der Waals surface area contributed by atoms with Crippen LogP contribution in [-0.4, -0.2) is 74.6 Å². The highest BCUT2D eigenvalue weighted by Crippen LogP contribution is 2.40. The number of carbonyl (C=O) groups excluding carboxylic acids is 2. The van der Waals surface area contributed by atoms with Crippen molar-refractivity contribution in [2.24, 2.45) is 5.41 Å². The molecule has 1 atom stereocenters. The number of anilines is 1. The Labute approximate surface area is 154 Å². The van der Waals surface area contributed by atoms with E-state index in [1.807, 2.05) is 41.1 Å². The summed E-state index contributed by atoms with van der Waals surface area (Å²) in [6.07, 6.45) is 2.70. The molecule has 1 aromatic carbocycles. The summed E-state index contributed by atoms with van der Waals surface area (Å²) in [5, 5.41) is 0. The highest BCUT2D eigenvalue weighted by atomic mass is 16.5. The molecule has 6 nitrogen and oxygen atoms in total. The van der Waals surface area contributed by atoms with Gasteiger partial charge in [-0.25, -0.2) is 0 Å². The first-order chi connectivity index (χ1) is 12.6. The molecule has 0 aliphatic carbocycles. The van der Waals surface area contributed by atoms with E-state index in [2.05, 4.69) is 4.90 Å². The molecule has 1 spiro atoms. The summed E-state index contributed by atoms with van der Waals surface area (Å²) in [6.45, 7) is 5.03. The first kappa shape index (κ1) is 17.3. The monoisotopic (exact) mass is 357 g/mol. The lowest BCUT2D eigenvalue weighted by atomic mass is 9.78. The van der Waals surface area contributed by atoms with Crippen molar-refractivity contribution in [1.82, 2.24) is 9.80 Å². The van der Waals surface area contributed by atoms with E-state index < -0.39 is 0 Å². The first-order valence-corrected chi connectivity index (χ1v) is 9.57. The Bertz CT molecular complexity index is 701. The number of carbonyl (C=O) groups is 2. The quantitative estimate of drug-likeness (QED) is 0.807. The van der Waals surface area contributed by atoms with Gasteiger partial charge < -0.3 is 19.4 Å². The van der Waals surface area contributed by atoms with Crippen molar-refractivity contribution in [2.45, 2.75) is 19.3 Å². The number of nitrogens with zero attached hydrogens (tertiary/aromatic N) is 3. The van der Waals surface area contributed by atoms with Crippen LogP contribution in [0.5, 0.6) is 0 Å². The summed E-state index contributed by atoms with van der Waals surface area (Å²) in [4.78, 5) is 31.9. The smallest absolute Gasteiger partial charge is 0.255 e. The van der Waals surface area contributed by atoms with Crippen molar-refractivity contribution in [3.8, 4) is 0 Å². The van der Waals surface area contributed by atoms with E-state index in [4.69, 9.17) is 4.74 Å². The first-order valence-electron chi connectivity index (χ1n) is 9.57. The second-order valence-corrected chi connectivity index (χ2v) is 7.70. The number of amides is 2. The van der Waals surface area contributed by atoms with Crippen LogP contribution in [0.25, 0.3) is 0 Å². The third kappa shape index (κ3) is 2.96. The number of morpholine rings is 1. The molecule has 3 heterocycles. The lowest BCUT2D eigenvalue weighted by molar-refractivity contribution is -0.143. The summed E-state index contributed by atoms with van der Waals surface area (Å²) < 4.78 is 5.44. The minimum atomic E-state index is -0.365. The van der Waals surface area contributed by atoms with Crippen LogP contribution in [0.3, 0.4) is 0 Å². The van der Waals surface area contributed by atoms with Crippen LogP contribution < -0.4 is 4.90 Å². The van der Waals surface area contributed by atoms with E-state index in [1.165, 1.54) is 0 Å². The van der Waals surface area contributed by atoms with Crippen molar-refractivity contribution in [3.63, 3.8) is 0 Å². The Hall–Kier alpha value is -2.08. The number of piperidine rings is 1. The Balaban J connectivity index is 1.55. The van der Waals surface area contributed by atoms with Crippen LogP contribution >= 0.6 is 0 Å². The lowest BCUT2D eigenvalue weighted by Gasteiger charge is -2.37. The van der Waals surface area contributed by atoms with E-state index in [-0.39, 0.29) is 17.2 Å². The molecule has 3 fully saturated rings. The lowest BCUT2D eigenvalue weighted by Crippen LogP contribution is -2.48. The van der Waals surface area contributed by atoms with Crippen molar-refractivity contribution >= 4 is 17.5 Å². The van der Waals surface area contributed by atoms with Gasteiger partial charge >= 0.3 is 0 Å². The molecule has 3 saturated heterocycles. The molecule has 26 heavy (non-hydrogen) atoms. The minimum absolute atomic E-state index is 0.0463. The fourth-order valence-corrected chi connectivity index (χ4v) is 4.60. The Morgan fingerprint density at radius 2 is 1.85 bits per heavy atom. The maximum absolute atomic E-state index is 13.3. The summed E-state index contributed by atoms with van der Waals surface area (Å²) in [5.41, 5.74) is 1.35. The van der Waals surface area contributed by atoms with Gasteiger partial charge in [0.15, 0.2) is 0 Å². The van der Waals surface area contributed by atoms with Gasteiger partial charge in [-0.3, -0.25) is 9.59 Å². The normalized spacial score (nSPS) is 26.7. The van der Waals surface area contributed by atoms with Crippen LogP contribution in [0.15, 0.2) is 24.3 Å². The van der Waals surface area contributed by atoms with E-state index in [1.54, 1.807) is 0 Å². The molecule has 0 aromatic heterocycles. The average molecular weight is 357 g/mol. The van der Waals surface area contributed by atoms with Crippen molar-refractivity contribution in [2.75, 3.05) is 57.9 Å². The standard InChI is InChI=1S/C20H27N3O3/c1-21-9-4-7-20(19(21)25)8-10-23(15-20)18(24)16-5-2-3-6-17(16)22-11-13-26-14-12-22/h2-3,5-6H,4,7-15H2,1H3. The predicted octanol–water partition coefficient (Wildman–Crippen LogP) is 1.61. The van der Waals surface area contributed by atoms with Gasteiger partial charge in [0.2, 0.25) is 5.91 Å². The topological polar surface area (TPSA) is 53.1 Å². The van der Waals surface area contributed by atoms with Gasteiger partial charge in [-0.15, -0.1) is 0 Å². The number of ether oxygens (including phenoxy) is 1. The maximum atomic E-state index is 13.3. The second-order valence-electron chi connectivity index (χ2n) is 7.70. The number of rotatable bonds is 2. The highest BCUT2D eigenvalue weighted by Gasteiger charge is 2.48. The molecule has 0 saturated carbocycles. The van der Waals surface area contributed by atoms with E-state index >= 15 is 0 Å². The Morgan fingerprint density at radius 3 is 2.65 bits per heavy atom. The molecule has 1 aromatic rings. The van der Waals surface area contributed by atoms with Crippen LogP contribution in [0, 0.1) is 5.41 Å². The van der Waals surface area contributed by atoms with Gasteiger partial charge in [-0.1, -0.05) is 12.1 Å². The van der Waals surface area contributed by atoms with Gasteiger partial charge in [0.25, 0.3) is 5.91 Å². The molecule has 0 radical (unpaired) electrons. The maximum Gasteiger partial charge on any atom is 0.255 e. The van der Waals surface area contributed by atoms with Gasteiger partial charge in [0.05, 0.1) is 24.2 Å². The van der Waals surface area contributed by atoms with Gasteiger partial charge in [-0.2, -0.15) is 0 Å². The molecule has 0 bridgehead atoms. The molecule has 4 rings (SSSR count). The summed E-state index contributed by atoms with van der Waals surface area (Å²) >= 11 is 0. The largest absolute Gasteiger partial charge is 0.378 e. The molecule has 3 aliphatic heterocycles. The minimum Gasteiger partial charge on any atom is -0.378 e. The molecule has 6 heteroatoms. The Kier molecular flexibility index (Phi) is 4.61. The van der Waals surface area contributed by atoms with Crippen LogP contribution in [0.4, 0.5) is 5.69 Å². The zero-order valence-corrected chi connectivity index (χ0v) is 15.4.